The van der Waals surface area contributed by atoms with Crippen LogP contribution in [0.5, 0.6) is 0 Å². The predicted octanol–water partition coefficient (Wildman–Crippen LogP) is 4.40. The SMILES string of the molecule is Cc1nc(-c2ccccc2)c2ccn(-c3ccccc3)c2n1. The first-order valence-electron chi connectivity index (χ1n) is 7.29. The first-order chi connectivity index (χ1) is 10.8. The van der Waals surface area contributed by atoms with Crippen LogP contribution in [0.3, 0.4) is 0 Å². The fourth-order valence-electron chi connectivity index (χ4n) is 2.74. The van der Waals surface area contributed by atoms with Crippen LogP contribution in [0.25, 0.3) is 28.0 Å². The molecule has 0 aliphatic rings. The molecule has 0 amide bonds. The third-order valence-electron chi connectivity index (χ3n) is 3.74. The van der Waals surface area contributed by atoms with E-state index in [0.29, 0.717) is 0 Å². The number of aryl methyl sites for hydroxylation is 1. The minimum absolute atomic E-state index is 0.780. The van der Waals surface area contributed by atoms with Crippen LogP contribution in [-0.2, 0) is 0 Å². The standard InChI is InChI=1S/C19H15N3/c1-14-20-18(15-8-4-2-5-9-15)17-12-13-22(19(17)21-14)16-10-6-3-7-11-16/h2-13H,1H3. The molecule has 0 saturated carbocycles. The van der Waals surface area contributed by atoms with Crippen molar-refractivity contribution >= 4 is 11.0 Å². The Bertz CT molecular complexity index is 925. The molecule has 0 aliphatic heterocycles. The zero-order chi connectivity index (χ0) is 14.9. The third kappa shape index (κ3) is 2.07. The van der Waals surface area contributed by atoms with Gasteiger partial charge >= 0.3 is 0 Å². The zero-order valence-corrected chi connectivity index (χ0v) is 12.3. The number of hydrogen-bond donors (Lipinski definition) is 0. The Morgan fingerprint density at radius 2 is 1.45 bits per heavy atom. The highest BCUT2D eigenvalue weighted by atomic mass is 15.1. The average molecular weight is 285 g/mol. The van der Waals surface area contributed by atoms with Gasteiger partial charge in [-0.3, -0.25) is 0 Å². The number of aromatic nitrogens is 3. The van der Waals surface area contributed by atoms with E-state index in [1.165, 1.54) is 0 Å². The van der Waals surface area contributed by atoms with Crippen molar-refractivity contribution in [3.8, 4) is 16.9 Å². The van der Waals surface area contributed by atoms with Gasteiger partial charge in [-0.15, -0.1) is 0 Å². The summed E-state index contributed by atoms with van der Waals surface area (Å²) in [4.78, 5) is 9.30. The van der Waals surface area contributed by atoms with Crippen molar-refractivity contribution in [2.75, 3.05) is 0 Å². The Morgan fingerprint density at radius 3 is 2.18 bits per heavy atom. The Kier molecular flexibility index (Phi) is 2.97. The van der Waals surface area contributed by atoms with Crippen molar-refractivity contribution in [3.63, 3.8) is 0 Å². The molecule has 22 heavy (non-hydrogen) atoms. The van der Waals surface area contributed by atoms with E-state index in [4.69, 9.17) is 0 Å². The average Bonchev–Trinajstić information content (AvgIpc) is 2.99. The maximum atomic E-state index is 4.65. The largest absolute Gasteiger partial charge is 0.301 e. The fraction of sp³-hybridized carbons (Fsp3) is 0.0526. The van der Waals surface area contributed by atoms with Gasteiger partial charge in [0.1, 0.15) is 11.5 Å². The molecule has 3 heteroatoms. The van der Waals surface area contributed by atoms with E-state index in [1.54, 1.807) is 0 Å². The minimum Gasteiger partial charge on any atom is -0.301 e. The smallest absolute Gasteiger partial charge is 0.148 e. The Labute approximate surface area is 128 Å². The summed E-state index contributed by atoms with van der Waals surface area (Å²) >= 11 is 0. The maximum Gasteiger partial charge on any atom is 0.148 e. The maximum absolute atomic E-state index is 4.65. The van der Waals surface area contributed by atoms with Crippen LogP contribution in [0.1, 0.15) is 5.82 Å². The predicted molar refractivity (Wildman–Crippen MR) is 89.0 cm³/mol. The van der Waals surface area contributed by atoms with Crippen molar-refractivity contribution in [2.24, 2.45) is 0 Å². The lowest BCUT2D eigenvalue weighted by Crippen LogP contribution is -1.98. The van der Waals surface area contributed by atoms with Crippen molar-refractivity contribution in [3.05, 3.63) is 78.8 Å². The van der Waals surface area contributed by atoms with Gasteiger partial charge < -0.3 is 4.57 Å². The molecular weight excluding hydrogens is 270 g/mol. The lowest BCUT2D eigenvalue weighted by molar-refractivity contribution is 1.03. The molecule has 106 valence electrons. The second kappa shape index (κ2) is 5.11. The van der Waals surface area contributed by atoms with Gasteiger partial charge in [-0.1, -0.05) is 48.5 Å². The molecule has 4 aromatic rings. The molecule has 0 unspecified atom stereocenters. The van der Waals surface area contributed by atoms with Gasteiger partial charge in [0.2, 0.25) is 0 Å². The van der Waals surface area contributed by atoms with Crippen LogP contribution in [-0.4, -0.2) is 14.5 Å². The Hall–Kier alpha value is -2.94. The number of rotatable bonds is 2. The van der Waals surface area contributed by atoms with Gasteiger partial charge in [-0.25, -0.2) is 9.97 Å². The van der Waals surface area contributed by atoms with E-state index >= 15 is 0 Å². The lowest BCUT2D eigenvalue weighted by Gasteiger charge is -2.07. The first kappa shape index (κ1) is 12.8. The van der Waals surface area contributed by atoms with Gasteiger partial charge in [0, 0.05) is 22.8 Å². The molecule has 2 heterocycles. The highest BCUT2D eigenvalue weighted by Crippen LogP contribution is 2.28. The monoisotopic (exact) mass is 285 g/mol. The van der Waals surface area contributed by atoms with E-state index < -0.39 is 0 Å². The van der Waals surface area contributed by atoms with Gasteiger partial charge in [0.25, 0.3) is 0 Å². The van der Waals surface area contributed by atoms with Crippen LogP contribution in [0.15, 0.2) is 72.9 Å². The third-order valence-corrected chi connectivity index (χ3v) is 3.74. The highest BCUT2D eigenvalue weighted by Gasteiger charge is 2.12. The van der Waals surface area contributed by atoms with Gasteiger partial charge in [0.05, 0.1) is 5.69 Å². The van der Waals surface area contributed by atoms with Crippen LogP contribution in [0.2, 0.25) is 0 Å². The summed E-state index contributed by atoms with van der Waals surface area (Å²) in [6, 6.07) is 22.6. The summed E-state index contributed by atoms with van der Waals surface area (Å²) in [6.45, 7) is 1.94. The highest BCUT2D eigenvalue weighted by molar-refractivity contribution is 5.92. The molecule has 0 N–H and O–H groups in total. The molecule has 3 nitrogen and oxygen atoms in total. The van der Waals surface area contributed by atoms with E-state index in [2.05, 4.69) is 51.1 Å². The number of para-hydroxylation sites is 1. The second-order valence-corrected chi connectivity index (χ2v) is 5.24. The summed E-state index contributed by atoms with van der Waals surface area (Å²) < 4.78 is 2.11. The van der Waals surface area contributed by atoms with E-state index in [0.717, 1.165) is 33.8 Å². The van der Waals surface area contributed by atoms with Crippen LogP contribution in [0.4, 0.5) is 0 Å². The number of nitrogens with zero attached hydrogens (tertiary/aromatic N) is 3. The van der Waals surface area contributed by atoms with Gasteiger partial charge in [0.15, 0.2) is 0 Å². The molecular formula is C19H15N3. The Balaban J connectivity index is 2.00. The fourth-order valence-corrected chi connectivity index (χ4v) is 2.74. The molecule has 0 atom stereocenters. The van der Waals surface area contributed by atoms with Gasteiger partial charge in [-0.2, -0.15) is 0 Å². The molecule has 0 fully saturated rings. The summed E-state index contributed by atoms with van der Waals surface area (Å²) in [7, 11) is 0. The number of hydrogen-bond acceptors (Lipinski definition) is 2. The van der Waals surface area contributed by atoms with Gasteiger partial charge in [-0.05, 0) is 25.1 Å². The normalized spacial score (nSPS) is 11.0. The van der Waals surface area contributed by atoms with Crippen molar-refractivity contribution in [2.45, 2.75) is 6.92 Å². The molecule has 2 aromatic carbocycles. The van der Waals surface area contributed by atoms with Crippen LogP contribution >= 0.6 is 0 Å². The van der Waals surface area contributed by atoms with Crippen LogP contribution in [0, 0.1) is 6.92 Å². The lowest BCUT2D eigenvalue weighted by atomic mass is 10.1. The van der Waals surface area contributed by atoms with E-state index in [-0.39, 0.29) is 0 Å². The topological polar surface area (TPSA) is 30.7 Å². The number of fused-ring (bicyclic) bond motifs is 1. The molecule has 0 bridgehead atoms. The van der Waals surface area contributed by atoms with Crippen molar-refractivity contribution in [1.29, 1.82) is 0 Å². The molecule has 2 aromatic heterocycles. The number of benzene rings is 2. The quantitative estimate of drug-likeness (QED) is 0.546. The second-order valence-electron chi connectivity index (χ2n) is 5.24. The summed E-state index contributed by atoms with van der Waals surface area (Å²) in [5.74, 6) is 0.780. The summed E-state index contributed by atoms with van der Waals surface area (Å²) in [6.07, 6.45) is 2.06. The Morgan fingerprint density at radius 1 is 0.773 bits per heavy atom. The minimum atomic E-state index is 0.780. The molecule has 0 spiro atoms. The van der Waals surface area contributed by atoms with Crippen LogP contribution < -0.4 is 0 Å². The van der Waals surface area contributed by atoms with Crippen molar-refractivity contribution < 1.29 is 0 Å². The summed E-state index contributed by atoms with van der Waals surface area (Å²) in [5.41, 5.74) is 4.15. The zero-order valence-electron chi connectivity index (χ0n) is 12.3. The summed E-state index contributed by atoms with van der Waals surface area (Å²) in [5, 5.41) is 1.07. The van der Waals surface area contributed by atoms with E-state index in [9.17, 15) is 0 Å². The molecule has 0 radical (unpaired) electrons. The van der Waals surface area contributed by atoms with E-state index in [1.807, 2.05) is 43.3 Å². The first-order valence-corrected chi connectivity index (χ1v) is 7.29. The molecule has 0 saturated heterocycles. The molecule has 4 rings (SSSR count). The molecule has 0 aliphatic carbocycles. The van der Waals surface area contributed by atoms with Crippen molar-refractivity contribution in [1.82, 2.24) is 14.5 Å².